The molecule has 10 heteroatoms. The summed E-state index contributed by atoms with van der Waals surface area (Å²) in [5.41, 5.74) is 6.30. The average Bonchev–Trinajstić information content (AvgIpc) is 2.54. The molecule has 0 atom stereocenters. The van der Waals surface area contributed by atoms with Crippen molar-refractivity contribution in [1.29, 1.82) is 0 Å². The minimum absolute atomic E-state index is 0.0185. The van der Waals surface area contributed by atoms with Gasteiger partial charge in [0.15, 0.2) is 0 Å². The Bertz CT molecular complexity index is 865. The number of anilines is 1. The van der Waals surface area contributed by atoms with Crippen molar-refractivity contribution < 1.29 is 13.2 Å². The number of morpholine rings is 1. The van der Waals surface area contributed by atoms with Crippen molar-refractivity contribution in [3.63, 3.8) is 0 Å². The molecule has 128 valence electrons. The Kier molecular flexibility index (Phi) is 4.22. The monoisotopic (exact) mass is 351 g/mol. The minimum Gasteiger partial charge on any atom is -0.626 e. The van der Waals surface area contributed by atoms with Crippen molar-refractivity contribution in [2.75, 3.05) is 38.3 Å². The fourth-order valence-electron chi connectivity index (χ4n) is 2.40. The van der Waals surface area contributed by atoms with Gasteiger partial charge in [0.2, 0.25) is 20.8 Å². The molecule has 3 heterocycles. The van der Waals surface area contributed by atoms with Crippen molar-refractivity contribution in [1.82, 2.24) is 19.6 Å². The van der Waals surface area contributed by atoms with Crippen molar-refractivity contribution in [3.05, 3.63) is 29.5 Å². The van der Waals surface area contributed by atoms with Gasteiger partial charge in [0.1, 0.15) is 18.9 Å². The van der Waals surface area contributed by atoms with Gasteiger partial charge in [-0.05, 0) is 6.07 Å². The second kappa shape index (κ2) is 6.06. The maximum Gasteiger partial charge on any atom is 0.249 e. The molecule has 0 aliphatic carbocycles. The molecule has 2 aromatic heterocycles. The van der Waals surface area contributed by atoms with E-state index in [1.54, 1.807) is 18.2 Å². The Morgan fingerprint density at radius 1 is 1.17 bits per heavy atom. The third-order valence-corrected chi connectivity index (χ3v) is 4.51. The van der Waals surface area contributed by atoms with Crippen LogP contribution in [0.25, 0.3) is 11.4 Å². The van der Waals surface area contributed by atoms with Crippen LogP contribution in [0, 0.1) is 5.21 Å². The van der Waals surface area contributed by atoms with E-state index in [4.69, 9.17) is 10.5 Å². The fourth-order valence-corrected chi connectivity index (χ4v) is 2.94. The van der Waals surface area contributed by atoms with Gasteiger partial charge in [-0.2, -0.15) is 4.98 Å². The summed E-state index contributed by atoms with van der Waals surface area (Å²) in [6.07, 6.45) is 1.00. The first kappa shape index (κ1) is 16.7. The van der Waals surface area contributed by atoms with E-state index in [2.05, 4.69) is 15.0 Å². The second-order valence-corrected chi connectivity index (χ2v) is 7.47. The van der Waals surface area contributed by atoms with Gasteiger partial charge >= 0.3 is 0 Å². The third kappa shape index (κ3) is 3.36. The van der Waals surface area contributed by atoms with Crippen LogP contribution in [-0.4, -0.2) is 55.9 Å². The number of nitrogens with zero attached hydrogens (tertiary/aromatic N) is 4. The number of hydroxylamine groups is 2. The molecule has 2 N–H and O–H groups in total. The molecule has 0 amide bonds. The zero-order valence-electron chi connectivity index (χ0n) is 13.0. The highest BCUT2D eigenvalue weighted by molar-refractivity contribution is 7.90. The summed E-state index contributed by atoms with van der Waals surface area (Å²) in [6.45, 7) is 1.29. The van der Waals surface area contributed by atoms with Crippen LogP contribution < -0.4 is 10.4 Å². The number of rotatable bonds is 3. The highest BCUT2D eigenvalue weighted by Crippen LogP contribution is 2.25. The van der Waals surface area contributed by atoms with Crippen LogP contribution in [0.1, 0.15) is 0 Å². The highest BCUT2D eigenvalue weighted by atomic mass is 32.2. The van der Waals surface area contributed by atoms with Crippen molar-refractivity contribution in [3.8, 4) is 11.4 Å². The number of ether oxygens (including phenoxy) is 1. The molecule has 0 unspecified atom stereocenters. The lowest BCUT2D eigenvalue weighted by Gasteiger charge is -2.43. The first-order valence-electron chi connectivity index (χ1n) is 7.26. The molecule has 1 fully saturated rings. The van der Waals surface area contributed by atoms with Crippen LogP contribution in [0.5, 0.6) is 0 Å². The van der Waals surface area contributed by atoms with Crippen LogP contribution in [-0.2, 0) is 14.6 Å². The van der Waals surface area contributed by atoms with Crippen molar-refractivity contribution >= 4 is 21.5 Å². The fraction of sp³-hybridized carbons (Fsp3) is 0.357. The van der Waals surface area contributed by atoms with Crippen LogP contribution in [0.3, 0.4) is 0 Å². The Labute approximate surface area is 139 Å². The standard InChI is InChI=1S/C14H17N5O4S/c1-24(21,22)14-17-11(9-12(15)18-14)10-3-2-4-13(16-10)19(20)5-7-23-8-6-19/h2-4,9H,5-8H2,1H3,(H2,15,17,18). The number of nitrogen functional groups attached to an aromatic ring is 1. The summed E-state index contributed by atoms with van der Waals surface area (Å²) in [4.78, 5) is 12.1. The van der Waals surface area contributed by atoms with Crippen molar-refractivity contribution in [2.45, 2.75) is 5.16 Å². The van der Waals surface area contributed by atoms with E-state index in [-0.39, 0.29) is 29.8 Å². The number of pyridine rings is 1. The van der Waals surface area contributed by atoms with E-state index in [9.17, 15) is 13.6 Å². The Hall–Kier alpha value is -2.14. The van der Waals surface area contributed by atoms with E-state index >= 15 is 0 Å². The average molecular weight is 351 g/mol. The largest absolute Gasteiger partial charge is 0.626 e. The number of quaternary nitrogens is 1. The molecule has 0 saturated carbocycles. The second-order valence-electron chi connectivity index (χ2n) is 5.56. The Balaban J connectivity index is 2.05. The molecule has 24 heavy (non-hydrogen) atoms. The molecule has 0 aromatic carbocycles. The molecule has 1 aliphatic heterocycles. The highest BCUT2D eigenvalue weighted by Gasteiger charge is 2.26. The molecule has 2 aromatic rings. The lowest BCUT2D eigenvalue weighted by atomic mass is 10.2. The molecule has 9 nitrogen and oxygen atoms in total. The van der Waals surface area contributed by atoms with Crippen LogP contribution in [0.4, 0.5) is 11.6 Å². The maximum absolute atomic E-state index is 12.8. The van der Waals surface area contributed by atoms with Gasteiger partial charge in [-0.25, -0.2) is 18.4 Å². The zero-order chi connectivity index (χ0) is 17.4. The van der Waals surface area contributed by atoms with E-state index in [0.717, 1.165) is 6.26 Å². The summed E-state index contributed by atoms with van der Waals surface area (Å²) in [6, 6.07) is 6.40. The summed E-state index contributed by atoms with van der Waals surface area (Å²) in [5.74, 6) is 0.346. The lowest BCUT2D eigenvalue weighted by molar-refractivity contribution is 0.0602. The lowest BCUT2D eigenvalue weighted by Crippen LogP contribution is -2.52. The molecule has 0 spiro atoms. The Morgan fingerprint density at radius 3 is 2.54 bits per heavy atom. The SMILES string of the molecule is CS(=O)(=O)c1nc(N)cc(-c2cccc([N+]3([O-])CCOCC3)n2)n1. The predicted molar refractivity (Wildman–Crippen MR) is 88.5 cm³/mol. The molecule has 0 radical (unpaired) electrons. The molecule has 1 aliphatic rings. The van der Waals surface area contributed by atoms with E-state index in [1.807, 2.05) is 0 Å². The van der Waals surface area contributed by atoms with Crippen molar-refractivity contribution in [2.24, 2.45) is 0 Å². The van der Waals surface area contributed by atoms with E-state index < -0.39 is 14.5 Å². The molecule has 0 bridgehead atoms. The van der Waals surface area contributed by atoms with E-state index in [0.29, 0.717) is 24.7 Å². The first-order chi connectivity index (χ1) is 11.3. The zero-order valence-corrected chi connectivity index (χ0v) is 13.9. The molecular weight excluding hydrogens is 334 g/mol. The number of hydrogen-bond acceptors (Lipinski definition) is 8. The van der Waals surface area contributed by atoms with Gasteiger partial charge in [0.05, 0.1) is 24.6 Å². The van der Waals surface area contributed by atoms with Crippen LogP contribution in [0.15, 0.2) is 29.4 Å². The topological polar surface area (TPSA) is 131 Å². The number of sulfone groups is 1. The van der Waals surface area contributed by atoms with Gasteiger partial charge in [-0.1, -0.05) is 6.07 Å². The summed E-state index contributed by atoms with van der Waals surface area (Å²) < 4.78 is 28.0. The van der Waals surface area contributed by atoms with Gasteiger partial charge in [0.25, 0.3) is 0 Å². The smallest absolute Gasteiger partial charge is 0.249 e. The van der Waals surface area contributed by atoms with Gasteiger partial charge in [-0.3, -0.25) is 0 Å². The predicted octanol–water partition coefficient (Wildman–Crippen LogP) is 0.360. The third-order valence-electron chi connectivity index (χ3n) is 3.67. The normalized spacial score (nSPS) is 17.6. The van der Waals surface area contributed by atoms with Crippen LogP contribution >= 0.6 is 0 Å². The van der Waals surface area contributed by atoms with Gasteiger partial charge in [0, 0.05) is 18.4 Å². The number of nitrogens with two attached hydrogens (primary N) is 1. The molecule has 1 saturated heterocycles. The maximum atomic E-state index is 12.8. The quantitative estimate of drug-likeness (QED) is 0.476. The summed E-state index contributed by atoms with van der Waals surface area (Å²) >= 11 is 0. The van der Waals surface area contributed by atoms with Gasteiger partial charge in [-0.15, -0.1) is 0 Å². The van der Waals surface area contributed by atoms with Gasteiger partial charge < -0.3 is 20.3 Å². The Morgan fingerprint density at radius 2 is 1.88 bits per heavy atom. The minimum atomic E-state index is -3.61. The number of aromatic nitrogens is 3. The molecular formula is C14H17N5O4S. The molecule has 3 rings (SSSR count). The summed E-state index contributed by atoms with van der Waals surface area (Å²) in [5, 5.41) is 12.5. The number of hydrogen-bond donors (Lipinski definition) is 1. The first-order valence-corrected chi connectivity index (χ1v) is 9.15. The van der Waals surface area contributed by atoms with E-state index in [1.165, 1.54) is 6.07 Å². The van der Waals surface area contributed by atoms with Crippen LogP contribution in [0.2, 0.25) is 0 Å². The summed E-state index contributed by atoms with van der Waals surface area (Å²) in [7, 11) is -3.61.